The summed E-state index contributed by atoms with van der Waals surface area (Å²) >= 11 is 5.05. The van der Waals surface area contributed by atoms with Crippen LogP contribution in [0.4, 0.5) is 5.82 Å². The van der Waals surface area contributed by atoms with Crippen molar-refractivity contribution in [1.29, 1.82) is 0 Å². The van der Waals surface area contributed by atoms with Crippen molar-refractivity contribution in [3.8, 4) is 0 Å². The fraction of sp³-hybridized carbons (Fsp3) is 0.500. The van der Waals surface area contributed by atoms with E-state index in [0.29, 0.717) is 42.4 Å². The third-order valence-corrected chi connectivity index (χ3v) is 5.98. The number of nitrogens with zero attached hydrogens (tertiary/aromatic N) is 2. The maximum absolute atomic E-state index is 12.8. The Hall–Kier alpha value is -1.71. The summed E-state index contributed by atoms with van der Waals surface area (Å²) in [5.74, 6) is 1.20. The van der Waals surface area contributed by atoms with Gasteiger partial charge in [-0.3, -0.25) is 10.9 Å². The van der Waals surface area contributed by atoms with Crippen molar-refractivity contribution in [1.82, 2.24) is 20.0 Å². The zero-order chi connectivity index (χ0) is 18.4. The van der Waals surface area contributed by atoms with Crippen molar-refractivity contribution < 1.29 is 8.42 Å². The first-order chi connectivity index (χ1) is 11.8. The molecule has 0 aliphatic carbocycles. The number of nitrogens with one attached hydrogen (secondary N) is 3. The molecule has 1 aliphatic heterocycles. The Morgan fingerprint density at radius 2 is 2.08 bits per heavy atom. The summed E-state index contributed by atoms with van der Waals surface area (Å²) in [4.78, 5) is 4.34. The van der Waals surface area contributed by atoms with Crippen LogP contribution in [0.5, 0.6) is 0 Å². The number of piperidine rings is 1. The Morgan fingerprint density at radius 1 is 1.40 bits per heavy atom. The van der Waals surface area contributed by atoms with Gasteiger partial charge in [0.25, 0.3) is 0 Å². The first-order valence-electron chi connectivity index (χ1n) is 8.20. The van der Waals surface area contributed by atoms with Crippen molar-refractivity contribution in [3.63, 3.8) is 0 Å². The molecule has 1 saturated heterocycles. The molecule has 3 N–H and O–H groups in total. The second kappa shape index (κ2) is 8.59. The van der Waals surface area contributed by atoms with Gasteiger partial charge in [-0.25, -0.2) is 13.4 Å². The van der Waals surface area contributed by atoms with Gasteiger partial charge in [-0.05, 0) is 42.6 Å². The van der Waals surface area contributed by atoms with Crippen LogP contribution >= 0.6 is 12.2 Å². The van der Waals surface area contributed by atoms with Crippen LogP contribution in [0.15, 0.2) is 35.9 Å². The van der Waals surface area contributed by atoms with Crippen molar-refractivity contribution >= 4 is 33.2 Å². The van der Waals surface area contributed by atoms with Gasteiger partial charge in [0.2, 0.25) is 10.0 Å². The molecule has 1 aliphatic rings. The van der Waals surface area contributed by atoms with Crippen LogP contribution in [0, 0.1) is 11.8 Å². The molecule has 0 spiro atoms. The lowest BCUT2D eigenvalue weighted by atomic mass is 9.94. The van der Waals surface area contributed by atoms with E-state index in [1.165, 1.54) is 6.20 Å². The monoisotopic (exact) mass is 383 g/mol. The molecule has 0 radical (unpaired) electrons. The highest BCUT2D eigenvalue weighted by atomic mass is 32.2. The standard InChI is InChI=1S/C16H25N5O2S2/c1-4-7-17-16(24)20-19-15-6-5-14(9-18-15)25(22,23)21-10-12(2)8-13(3)11-21/h4-6,9,12-13H,1,7-8,10-11H2,2-3H3,(H,18,19)(H2,17,20,24). The summed E-state index contributed by atoms with van der Waals surface area (Å²) < 4.78 is 27.1. The van der Waals surface area contributed by atoms with Crippen LogP contribution < -0.4 is 16.2 Å². The number of thiocarbonyl (C=S) groups is 1. The number of anilines is 1. The normalized spacial score (nSPS) is 21.4. The molecule has 0 aromatic carbocycles. The summed E-state index contributed by atoms with van der Waals surface area (Å²) in [5.41, 5.74) is 5.59. The molecule has 1 fully saturated rings. The Labute approximate surface area is 154 Å². The number of sulfonamides is 1. The highest BCUT2D eigenvalue weighted by Crippen LogP contribution is 2.26. The molecule has 2 heterocycles. The van der Waals surface area contributed by atoms with Crippen LogP contribution in [0.1, 0.15) is 20.3 Å². The predicted molar refractivity (Wildman–Crippen MR) is 103 cm³/mol. The third kappa shape index (κ3) is 5.38. The van der Waals surface area contributed by atoms with E-state index < -0.39 is 10.0 Å². The molecule has 1 aromatic rings. The lowest BCUT2D eigenvalue weighted by molar-refractivity contribution is 0.222. The van der Waals surface area contributed by atoms with Crippen LogP contribution in [-0.4, -0.2) is 42.5 Å². The quantitative estimate of drug-likeness (QED) is 0.392. The number of pyridine rings is 1. The van der Waals surface area contributed by atoms with E-state index in [1.54, 1.807) is 22.5 Å². The van der Waals surface area contributed by atoms with E-state index in [1.807, 2.05) is 0 Å². The van der Waals surface area contributed by atoms with E-state index >= 15 is 0 Å². The van der Waals surface area contributed by atoms with Gasteiger partial charge in [0.1, 0.15) is 10.7 Å². The smallest absolute Gasteiger partial charge is 0.244 e. The zero-order valence-corrected chi connectivity index (χ0v) is 16.2. The van der Waals surface area contributed by atoms with Gasteiger partial charge >= 0.3 is 0 Å². The molecule has 2 unspecified atom stereocenters. The SMILES string of the molecule is C=CCNC(=S)NNc1ccc(S(=O)(=O)N2CC(C)CC(C)C2)cn1. The summed E-state index contributed by atoms with van der Waals surface area (Å²) in [5, 5.41) is 3.30. The molecule has 2 rings (SSSR count). The van der Waals surface area contributed by atoms with Crippen LogP contribution in [0.2, 0.25) is 0 Å². The summed E-state index contributed by atoms with van der Waals surface area (Å²) in [7, 11) is -3.51. The van der Waals surface area contributed by atoms with Crippen molar-refractivity contribution in [2.75, 3.05) is 25.1 Å². The summed E-state index contributed by atoms with van der Waals surface area (Å²) in [6, 6.07) is 3.16. The second-order valence-corrected chi connectivity index (χ2v) is 8.74. The van der Waals surface area contributed by atoms with Crippen LogP contribution in [0.25, 0.3) is 0 Å². The predicted octanol–water partition coefficient (Wildman–Crippen LogP) is 1.73. The van der Waals surface area contributed by atoms with E-state index in [2.05, 4.69) is 41.6 Å². The van der Waals surface area contributed by atoms with Crippen molar-refractivity contribution in [2.24, 2.45) is 11.8 Å². The van der Waals surface area contributed by atoms with E-state index in [0.717, 1.165) is 6.42 Å². The van der Waals surface area contributed by atoms with Gasteiger partial charge in [-0.2, -0.15) is 4.31 Å². The highest BCUT2D eigenvalue weighted by Gasteiger charge is 2.31. The van der Waals surface area contributed by atoms with Gasteiger partial charge in [-0.15, -0.1) is 6.58 Å². The Morgan fingerprint density at radius 3 is 2.64 bits per heavy atom. The first-order valence-corrected chi connectivity index (χ1v) is 10.0. The largest absolute Gasteiger partial charge is 0.358 e. The minimum absolute atomic E-state index is 0.201. The van der Waals surface area contributed by atoms with E-state index in [9.17, 15) is 8.42 Å². The number of hydrogen-bond acceptors (Lipinski definition) is 5. The van der Waals surface area contributed by atoms with E-state index in [-0.39, 0.29) is 4.90 Å². The molecule has 9 heteroatoms. The Kier molecular flexibility index (Phi) is 6.74. The number of hydrazine groups is 1. The molecule has 0 amide bonds. The lowest BCUT2D eigenvalue weighted by Gasteiger charge is -2.33. The molecule has 0 bridgehead atoms. The topological polar surface area (TPSA) is 86.4 Å². The lowest BCUT2D eigenvalue weighted by Crippen LogP contribution is -2.42. The maximum Gasteiger partial charge on any atom is 0.244 e. The molecule has 2 atom stereocenters. The fourth-order valence-corrected chi connectivity index (χ4v) is 4.65. The molecular formula is C16H25N5O2S2. The average Bonchev–Trinajstić information content (AvgIpc) is 2.57. The summed E-state index contributed by atoms with van der Waals surface area (Å²) in [6.07, 6.45) is 4.11. The first kappa shape index (κ1) is 19.6. The van der Waals surface area contributed by atoms with Gasteiger partial charge in [0.05, 0.1) is 0 Å². The zero-order valence-electron chi connectivity index (χ0n) is 14.5. The fourth-order valence-electron chi connectivity index (χ4n) is 2.89. The Bertz CT molecular complexity index is 696. The maximum atomic E-state index is 12.8. The minimum Gasteiger partial charge on any atom is -0.358 e. The number of rotatable bonds is 6. The van der Waals surface area contributed by atoms with Crippen LogP contribution in [0.3, 0.4) is 0 Å². The van der Waals surface area contributed by atoms with Gasteiger partial charge < -0.3 is 5.32 Å². The van der Waals surface area contributed by atoms with Crippen LogP contribution in [-0.2, 0) is 10.0 Å². The minimum atomic E-state index is -3.51. The summed E-state index contributed by atoms with van der Waals surface area (Å²) in [6.45, 7) is 9.40. The van der Waals surface area contributed by atoms with Gasteiger partial charge in [0.15, 0.2) is 5.11 Å². The molecule has 138 valence electrons. The second-order valence-electron chi connectivity index (χ2n) is 6.40. The average molecular weight is 384 g/mol. The van der Waals surface area contributed by atoms with Gasteiger partial charge in [0, 0.05) is 25.8 Å². The Balaban J connectivity index is 2.01. The molecule has 25 heavy (non-hydrogen) atoms. The van der Waals surface area contributed by atoms with Crippen molar-refractivity contribution in [3.05, 3.63) is 31.0 Å². The third-order valence-electron chi connectivity index (χ3n) is 3.92. The number of hydrogen-bond donors (Lipinski definition) is 3. The molecule has 1 aromatic heterocycles. The molecule has 7 nitrogen and oxygen atoms in total. The number of aromatic nitrogens is 1. The molecular weight excluding hydrogens is 358 g/mol. The molecule has 0 saturated carbocycles. The van der Waals surface area contributed by atoms with Gasteiger partial charge in [-0.1, -0.05) is 19.9 Å². The van der Waals surface area contributed by atoms with Crippen molar-refractivity contribution in [2.45, 2.75) is 25.2 Å². The van der Waals surface area contributed by atoms with E-state index in [4.69, 9.17) is 12.2 Å². The highest BCUT2D eigenvalue weighted by molar-refractivity contribution is 7.89.